The van der Waals surface area contributed by atoms with Gasteiger partial charge in [0.15, 0.2) is 0 Å². The molecule has 1 N–H and O–H groups in total. The first kappa shape index (κ1) is 14.7. The second-order valence-electron chi connectivity index (χ2n) is 6.09. The number of piperazine rings is 1. The molecule has 21 heavy (non-hydrogen) atoms. The van der Waals surface area contributed by atoms with Crippen molar-refractivity contribution in [2.75, 3.05) is 40.4 Å². The van der Waals surface area contributed by atoms with Gasteiger partial charge in [0.1, 0.15) is 11.5 Å². The number of hydrogen-bond acceptors (Lipinski definition) is 4. The summed E-state index contributed by atoms with van der Waals surface area (Å²) in [6.07, 6.45) is 4.03. The molecule has 1 atom stereocenters. The van der Waals surface area contributed by atoms with E-state index in [0.29, 0.717) is 6.04 Å². The summed E-state index contributed by atoms with van der Waals surface area (Å²) in [5, 5.41) is 3.44. The molecule has 1 aromatic carbocycles. The van der Waals surface area contributed by atoms with Gasteiger partial charge in [-0.05, 0) is 18.4 Å². The number of hydrogen-bond donors (Lipinski definition) is 1. The summed E-state index contributed by atoms with van der Waals surface area (Å²) in [4.78, 5) is 2.61. The molecular weight excluding hydrogens is 264 g/mol. The Kier molecular flexibility index (Phi) is 4.66. The maximum absolute atomic E-state index is 5.64. The maximum atomic E-state index is 5.64. The number of nitrogens with zero attached hydrogens (tertiary/aromatic N) is 1. The van der Waals surface area contributed by atoms with E-state index < -0.39 is 0 Å². The smallest absolute Gasteiger partial charge is 0.127 e. The van der Waals surface area contributed by atoms with Gasteiger partial charge in [-0.1, -0.05) is 18.9 Å². The van der Waals surface area contributed by atoms with Gasteiger partial charge in [-0.3, -0.25) is 4.90 Å². The number of benzene rings is 1. The molecule has 1 aromatic rings. The van der Waals surface area contributed by atoms with E-state index in [1.165, 1.54) is 24.8 Å². The van der Waals surface area contributed by atoms with Gasteiger partial charge in [0.05, 0.1) is 14.2 Å². The van der Waals surface area contributed by atoms with Crippen molar-refractivity contribution in [1.82, 2.24) is 10.2 Å². The van der Waals surface area contributed by atoms with E-state index in [0.717, 1.165) is 43.6 Å². The van der Waals surface area contributed by atoms with Crippen LogP contribution in [0.2, 0.25) is 0 Å². The normalized spacial score (nSPS) is 21.0. The van der Waals surface area contributed by atoms with Crippen LogP contribution < -0.4 is 14.8 Å². The second kappa shape index (κ2) is 6.67. The Labute approximate surface area is 127 Å². The van der Waals surface area contributed by atoms with E-state index >= 15 is 0 Å². The van der Waals surface area contributed by atoms with Crippen LogP contribution in [0.5, 0.6) is 11.5 Å². The Morgan fingerprint density at radius 3 is 2.57 bits per heavy atom. The fourth-order valence-electron chi connectivity index (χ4n) is 3.23. The molecule has 0 unspecified atom stereocenters. The zero-order valence-corrected chi connectivity index (χ0v) is 13.1. The predicted octanol–water partition coefficient (Wildman–Crippen LogP) is 2.45. The van der Waals surface area contributed by atoms with E-state index in [1.54, 1.807) is 14.2 Å². The lowest BCUT2D eigenvalue weighted by Gasteiger charge is -2.36. The second-order valence-corrected chi connectivity index (χ2v) is 6.09. The van der Waals surface area contributed by atoms with Gasteiger partial charge in [0.2, 0.25) is 0 Å². The number of ether oxygens (including phenoxy) is 2. The highest BCUT2D eigenvalue weighted by molar-refractivity contribution is 5.42. The van der Waals surface area contributed by atoms with Gasteiger partial charge in [-0.15, -0.1) is 0 Å². The van der Waals surface area contributed by atoms with E-state index in [1.807, 2.05) is 6.07 Å². The quantitative estimate of drug-likeness (QED) is 0.872. The average molecular weight is 290 g/mol. The van der Waals surface area contributed by atoms with Crippen molar-refractivity contribution in [3.05, 3.63) is 23.8 Å². The molecule has 0 amide bonds. The minimum absolute atomic E-state index is 0.473. The third kappa shape index (κ3) is 3.50. The molecule has 3 rings (SSSR count). The predicted molar refractivity (Wildman–Crippen MR) is 84.1 cm³/mol. The summed E-state index contributed by atoms with van der Waals surface area (Å²) in [6, 6.07) is 6.73. The van der Waals surface area contributed by atoms with Crippen molar-refractivity contribution in [3.8, 4) is 11.5 Å². The fraction of sp³-hybridized carbons (Fsp3) is 0.647. The molecule has 1 aliphatic heterocycles. The maximum Gasteiger partial charge on any atom is 0.127 e. The Balaban J connectivity index is 1.86. The Morgan fingerprint density at radius 2 is 1.95 bits per heavy atom. The van der Waals surface area contributed by atoms with Crippen LogP contribution in [0.3, 0.4) is 0 Å². The van der Waals surface area contributed by atoms with Crippen LogP contribution in [0.1, 0.15) is 30.9 Å². The number of nitrogens with one attached hydrogen (secondary N) is 1. The van der Waals surface area contributed by atoms with Crippen molar-refractivity contribution >= 4 is 0 Å². The van der Waals surface area contributed by atoms with Gasteiger partial charge >= 0.3 is 0 Å². The molecule has 1 heterocycles. The minimum atomic E-state index is 0.473. The van der Waals surface area contributed by atoms with E-state index in [9.17, 15) is 0 Å². The molecule has 1 saturated heterocycles. The largest absolute Gasteiger partial charge is 0.497 e. The third-order valence-electron chi connectivity index (χ3n) is 4.65. The molecule has 116 valence electrons. The molecule has 4 nitrogen and oxygen atoms in total. The van der Waals surface area contributed by atoms with Gasteiger partial charge in [-0.2, -0.15) is 0 Å². The first-order valence-corrected chi connectivity index (χ1v) is 7.98. The highest BCUT2D eigenvalue weighted by Gasteiger charge is 2.32. The van der Waals surface area contributed by atoms with Gasteiger partial charge in [0, 0.05) is 43.9 Å². The van der Waals surface area contributed by atoms with Crippen molar-refractivity contribution in [1.29, 1.82) is 0 Å². The molecule has 2 aliphatic rings. The van der Waals surface area contributed by atoms with Gasteiger partial charge in [-0.25, -0.2) is 0 Å². The molecule has 1 saturated carbocycles. The molecule has 2 fully saturated rings. The Hall–Kier alpha value is -1.26. The van der Waals surface area contributed by atoms with Crippen LogP contribution >= 0.6 is 0 Å². The lowest BCUT2D eigenvalue weighted by molar-refractivity contribution is 0.157. The molecule has 1 aliphatic carbocycles. The summed E-state index contributed by atoms with van der Waals surface area (Å²) in [7, 11) is 3.46. The molecule has 0 spiro atoms. The topological polar surface area (TPSA) is 33.7 Å². The minimum Gasteiger partial charge on any atom is -0.497 e. The highest BCUT2D eigenvalue weighted by Crippen LogP contribution is 2.43. The summed E-state index contributed by atoms with van der Waals surface area (Å²) >= 11 is 0. The van der Waals surface area contributed by atoms with Crippen molar-refractivity contribution in [2.45, 2.75) is 25.3 Å². The van der Waals surface area contributed by atoms with Crippen molar-refractivity contribution in [3.63, 3.8) is 0 Å². The zero-order chi connectivity index (χ0) is 14.7. The van der Waals surface area contributed by atoms with Crippen LogP contribution in [0.25, 0.3) is 0 Å². The monoisotopic (exact) mass is 290 g/mol. The van der Waals surface area contributed by atoms with Crippen LogP contribution in [-0.4, -0.2) is 45.3 Å². The SMILES string of the molecule is COc1ccc([C@@H](CC2CC2)N2CCNCC2)c(OC)c1. The molecule has 0 aromatic heterocycles. The number of methoxy groups -OCH3 is 2. The lowest BCUT2D eigenvalue weighted by Crippen LogP contribution is -2.45. The summed E-state index contributed by atoms with van der Waals surface area (Å²) in [5.74, 6) is 2.72. The van der Waals surface area contributed by atoms with E-state index in [2.05, 4.69) is 22.3 Å². The van der Waals surface area contributed by atoms with E-state index in [-0.39, 0.29) is 0 Å². The standard InChI is InChI=1S/C17H26N2O2/c1-20-14-5-6-15(17(12-14)21-2)16(11-13-3-4-13)19-9-7-18-8-10-19/h5-6,12-13,16,18H,3-4,7-11H2,1-2H3/t16-/m1/s1. The molecular formula is C17H26N2O2. The van der Waals surface area contributed by atoms with Crippen molar-refractivity contribution in [2.24, 2.45) is 5.92 Å². The van der Waals surface area contributed by atoms with Gasteiger partial charge < -0.3 is 14.8 Å². The van der Waals surface area contributed by atoms with Crippen LogP contribution in [0, 0.1) is 5.92 Å². The van der Waals surface area contributed by atoms with Crippen molar-refractivity contribution < 1.29 is 9.47 Å². The molecule has 0 radical (unpaired) electrons. The fourth-order valence-corrected chi connectivity index (χ4v) is 3.23. The van der Waals surface area contributed by atoms with Crippen LogP contribution in [-0.2, 0) is 0 Å². The average Bonchev–Trinajstić information content (AvgIpc) is 3.37. The van der Waals surface area contributed by atoms with Gasteiger partial charge in [0.25, 0.3) is 0 Å². The Bertz CT molecular complexity index is 468. The highest BCUT2D eigenvalue weighted by atomic mass is 16.5. The molecule has 4 heteroatoms. The lowest BCUT2D eigenvalue weighted by atomic mass is 9.97. The van der Waals surface area contributed by atoms with Crippen LogP contribution in [0.4, 0.5) is 0 Å². The summed E-state index contributed by atoms with van der Waals surface area (Å²) in [6.45, 7) is 4.40. The van der Waals surface area contributed by atoms with Crippen LogP contribution in [0.15, 0.2) is 18.2 Å². The third-order valence-corrected chi connectivity index (χ3v) is 4.65. The first-order valence-electron chi connectivity index (χ1n) is 7.98. The van der Waals surface area contributed by atoms with E-state index in [4.69, 9.17) is 9.47 Å². The summed E-state index contributed by atoms with van der Waals surface area (Å²) < 4.78 is 11.0. The molecule has 0 bridgehead atoms. The first-order chi connectivity index (χ1) is 10.3. The number of rotatable bonds is 6. The zero-order valence-electron chi connectivity index (χ0n) is 13.1. The summed E-state index contributed by atoms with van der Waals surface area (Å²) in [5.41, 5.74) is 1.31. The Morgan fingerprint density at radius 1 is 1.19 bits per heavy atom.